The summed E-state index contributed by atoms with van der Waals surface area (Å²) >= 11 is 1.81. The molecular weight excluding hydrogens is 432 g/mol. The second kappa shape index (κ2) is 12.3. The zero-order valence-corrected chi connectivity index (χ0v) is 20.5. The van der Waals surface area contributed by atoms with Gasteiger partial charge in [0.2, 0.25) is 0 Å². The smallest absolute Gasteiger partial charge is 0.351 e. The second-order valence-electron chi connectivity index (χ2n) is 8.90. The highest BCUT2D eigenvalue weighted by molar-refractivity contribution is 7.09. The fourth-order valence-corrected chi connectivity index (χ4v) is 5.67. The number of fused-ring (bicyclic) bond motifs is 1. The van der Waals surface area contributed by atoms with Gasteiger partial charge in [-0.15, -0.1) is 16.4 Å². The van der Waals surface area contributed by atoms with Gasteiger partial charge >= 0.3 is 6.09 Å². The Hall–Kier alpha value is -2.22. The number of nitrogens with one attached hydrogen (secondary N) is 1. The lowest BCUT2D eigenvalue weighted by molar-refractivity contribution is -0.0912. The third-order valence-corrected chi connectivity index (χ3v) is 7.46. The number of aryl methyl sites for hydroxylation is 1. The van der Waals surface area contributed by atoms with E-state index < -0.39 is 0 Å². The maximum Gasteiger partial charge on any atom is 0.426 e. The third-order valence-electron chi connectivity index (χ3n) is 6.56. The molecule has 0 saturated heterocycles. The Labute approximate surface area is 201 Å². The summed E-state index contributed by atoms with van der Waals surface area (Å²) in [6, 6.07) is 11.0. The maximum absolute atomic E-state index is 12.2. The van der Waals surface area contributed by atoms with Gasteiger partial charge in [0.1, 0.15) is 0 Å². The van der Waals surface area contributed by atoms with E-state index in [9.17, 15) is 4.79 Å². The van der Waals surface area contributed by atoms with Gasteiger partial charge in [-0.1, -0.05) is 43.3 Å². The predicted molar refractivity (Wildman–Crippen MR) is 134 cm³/mol. The van der Waals surface area contributed by atoms with Crippen molar-refractivity contribution in [2.24, 2.45) is 0 Å². The van der Waals surface area contributed by atoms with E-state index in [1.54, 1.807) is 16.4 Å². The molecule has 1 aromatic carbocycles. The molecule has 0 fully saturated rings. The number of nitrogens with zero attached hydrogens (tertiary/aromatic N) is 3. The van der Waals surface area contributed by atoms with Crippen LogP contribution in [0, 0.1) is 0 Å². The first-order chi connectivity index (χ1) is 16.2. The van der Waals surface area contributed by atoms with Crippen molar-refractivity contribution >= 4 is 23.0 Å². The molecule has 1 unspecified atom stereocenters. The summed E-state index contributed by atoms with van der Waals surface area (Å²) in [7, 11) is 0. The van der Waals surface area contributed by atoms with Crippen molar-refractivity contribution in [3.63, 3.8) is 0 Å². The van der Waals surface area contributed by atoms with Gasteiger partial charge in [-0.25, -0.2) is 9.78 Å². The van der Waals surface area contributed by atoms with Gasteiger partial charge in [0.25, 0.3) is 0 Å². The summed E-state index contributed by atoms with van der Waals surface area (Å²) in [5, 5.41) is 4.66. The van der Waals surface area contributed by atoms with Gasteiger partial charge < -0.3 is 15.1 Å². The lowest BCUT2D eigenvalue weighted by atomic mass is 9.96. The van der Waals surface area contributed by atoms with Crippen LogP contribution in [0.5, 0.6) is 0 Å². The van der Waals surface area contributed by atoms with E-state index in [4.69, 9.17) is 4.84 Å². The topological polar surface area (TPSA) is 57.7 Å². The average Bonchev–Trinajstić information content (AvgIpc) is 3.32. The third kappa shape index (κ3) is 6.88. The molecule has 178 valence electrons. The van der Waals surface area contributed by atoms with Gasteiger partial charge in [-0.2, -0.15) is 0 Å². The molecule has 1 atom stereocenters. The van der Waals surface area contributed by atoms with Crippen molar-refractivity contribution in [3.05, 3.63) is 58.1 Å². The normalized spacial score (nSPS) is 18.6. The highest BCUT2D eigenvalue weighted by atomic mass is 32.1. The molecule has 2 aliphatic rings. The first-order valence-electron chi connectivity index (χ1n) is 12.3. The van der Waals surface area contributed by atoms with Crippen molar-refractivity contribution in [2.45, 2.75) is 57.9 Å². The first-order valence-corrected chi connectivity index (χ1v) is 13.2. The Kier molecular flexibility index (Phi) is 8.92. The summed E-state index contributed by atoms with van der Waals surface area (Å²) in [6.45, 7) is 6.49. The standard InChI is InChI=1S/C26H36N4O2S/c1-2-15-29(23-10-11-24-25(19-23)33-20-28-24)16-7-6-14-27-26(31)32-30-17-12-22(13-18-30)21-8-4-3-5-9-21/h3-5,8-9,12,20,23H,2,6-7,10-11,13-19H2,1H3,(H,27,31). The molecule has 0 spiro atoms. The summed E-state index contributed by atoms with van der Waals surface area (Å²) in [5.41, 5.74) is 5.87. The highest BCUT2D eigenvalue weighted by Gasteiger charge is 2.25. The molecule has 1 N–H and O–H groups in total. The number of hydrogen-bond donors (Lipinski definition) is 1. The Bertz CT molecular complexity index is 914. The van der Waals surface area contributed by atoms with Crippen LogP contribution in [-0.4, -0.2) is 59.8 Å². The molecule has 2 heterocycles. The van der Waals surface area contributed by atoms with E-state index in [0.29, 0.717) is 19.1 Å². The number of amides is 1. The van der Waals surface area contributed by atoms with Crippen LogP contribution in [0.3, 0.4) is 0 Å². The molecule has 0 radical (unpaired) electrons. The summed E-state index contributed by atoms with van der Waals surface area (Å²) < 4.78 is 0. The van der Waals surface area contributed by atoms with E-state index in [2.05, 4.69) is 52.5 Å². The van der Waals surface area contributed by atoms with E-state index >= 15 is 0 Å². The zero-order chi connectivity index (χ0) is 22.9. The van der Waals surface area contributed by atoms with Crippen LogP contribution in [0.4, 0.5) is 4.79 Å². The van der Waals surface area contributed by atoms with Crippen molar-refractivity contribution in [1.82, 2.24) is 20.3 Å². The number of unbranched alkanes of at least 4 members (excludes halogenated alkanes) is 1. The van der Waals surface area contributed by atoms with Crippen LogP contribution in [0.25, 0.3) is 5.57 Å². The molecule has 2 aromatic rings. The van der Waals surface area contributed by atoms with Crippen molar-refractivity contribution in [1.29, 1.82) is 0 Å². The number of carbonyl (C=O) groups is 1. The number of thiazole rings is 1. The lowest BCUT2D eigenvalue weighted by Crippen LogP contribution is -2.40. The Balaban J connectivity index is 1.12. The fourth-order valence-electron chi connectivity index (χ4n) is 4.79. The van der Waals surface area contributed by atoms with E-state index in [0.717, 1.165) is 51.7 Å². The number of hydroxylamine groups is 2. The van der Waals surface area contributed by atoms with Crippen molar-refractivity contribution < 1.29 is 9.63 Å². The van der Waals surface area contributed by atoms with Crippen LogP contribution < -0.4 is 5.32 Å². The van der Waals surface area contributed by atoms with E-state index in [1.165, 1.54) is 34.5 Å². The maximum atomic E-state index is 12.2. The Morgan fingerprint density at radius 1 is 1.24 bits per heavy atom. The largest absolute Gasteiger partial charge is 0.426 e. The molecule has 0 bridgehead atoms. The van der Waals surface area contributed by atoms with Crippen LogP contribution in [-0.2, 0) is 17.7 Å². The Morgan fingerprint density at radius 3 is 2.91 bits per heavy atom. The van der Waals surface area contributed by atoms with Crippen LogP contribution in [0.15, 0.2) is 41.9 Å². The van der Waals surface area contributed by atoms with Gasteiger partial charge in [0.05, 0.1) is 17.7 Å². The van der Waals surface area contributed by atoms with Gasteiger partial charge in [0.15, 0.2) is 0 Å². The van der Waals surface area contributed by atoms with Gasteiger partial charge in [0, 0.05) is 24.0 Å². The molecule has 6 nitrogen and oxygen atoms in total. The lowest BCUT2D eigenvalue weighted by Gasteiger charge is -2.33. The minimum Gasteiger partial charge on any atom is -0.351 e. The highest BCUT2D eigenvalue weighted by Crippen LogP contribution is 2.27. The van der Waals surface area contributed by atoms with Crippen molar-refractivity contribution in [2.75, 3.05) is 32.7 Å². The van der Waals surface area contributed by atoms with Gasteiger partial charge in [-0.3, -0.25) is 0 Å². The first kappa shape index (κ1) is 23.9. The number of aromatic nitrogens is 1. The van der Waals surface area contributed by atoms with Gasteiger partial charge in [-0.05, 0) is 69.2 Å². The van der Waals surface area contributed by atoms with Crippen molar-refractivity contribution in [3.8, 4) is 0 Å². The number of benzene rings is 1. The molecule has 4 rings (SSSR count). The van der Waals surface area contributed by atoms with E-state index in [-0.39, 0.29) is 6.09 Å². The molecule has 1 aromatic heterocycles. The molecule has 1 aliphatic carbocycles. The number of carbonyl (C=O) groups excluding carboxylic acids is 1. The molecule has 0 saturated carbocycles. The number of rotatable bonds is 10. The Morgan fingerprint density at radius 2 is 2.12 bits per heavy atom. The summed E-state index contributed by atoms with van der Waals surface area (Å²) in [6.07, 6.45) is 9.36. The molecule has 1 aliphatic heterocycles. The second-order valence-corrected chi connectivity index (χ2v) is 9.84. The fraction of sp³-hybridized carbons (Fsp3) is 0.538. The molecule has 33 heavy (non-hydrogen) atoms. The molecular formula is C26H36N4O2S. The molecule has 1 amide bonds. The SMILES string of the molecule is CCCN(CCCCNC(=O)ON1CC=C(c2ccccc2)CC1)C1CCc2ncsc2C1. The minimum absolute atomic E-state index is 0.345. The zero-order valence-electron chi connectivity index (χ0n) is 19.7. The summed E-state index contributed by atoms with van der Waals surface area (Å²) in [4.78, 5) is 26.3. The van der Waals surface area contributed by atoms with Crippen LogP contribution >= 0.6 is 11.3 Å². The summed E-state index contributed by atoms with van der Waals surface area (Å²) in [5.74, 6) is 0. The quantitative estimate of drug-likeness (QED) is 0.502. The minimum atomic E-state index is -0.345. The average molecular weight is 469 g/mol. The van der Waals surface area contributed by atoms with Crippen LogP contribution in [0.1, 0.15) is 55.2 Å². The number of hydrogen-bond acceptors (Lipinski definition) is 6. The molecule has 7 heteroatoms. The predicted octanol–water partition coefficient (Wildman–Crippen LogP) is 4.92. The van der Waals surface area contributed by atoms with E-state index in [1.807, 2.05) is 11.6 Å². The monoisotopic (exact) mass is 468 g/mol. The van der Waals surface area contributed by atoms with Crippen LogP contribution in [0.2, 0.25) is 0 Å².